The highest BCUT2D eigenvalue weighted by atomic mass is 19.1. The van der Waals surface area contributed by atoms with Gasteiger partial charge in [0, 0.05) is 24.3 Å². The Morgan fingerprint density at radius 1 is 1.00 bits per heavy atom. The fourth-order valence-corrected chi connectivity index (χ4v) is 3.88. The van der Waals surface area contributed by atoms with Gasteiger partial charge in [0.25, 0.3) is 11.8 Å². The molecule has 33 heavy (non-hydrogen) atoms. The van der Waals surface area contributed by atoms with Crippen LogP contribution in [0.15, 0.2) is 48.5 Å². The van der Waals surface area contributed by atoms with Gasteiger partial charge in [-0.2, -0.15) is 0 Å². The van der Waals surface area contributed by atoms with Crippen molar-refractivity contribution in [1.29, 1.82) is 0 Å². The second-order valence-electron chi connectivity index (χ2n) is 7.69. The molecule has 2 aromatic rings. The first-order valence-electron chi connectivity index (χ1n) is 10.8. The Kier molecular flexibility index (Phi) is 7.10. The number of nitrogens with one attached hydrogen (secondary N) is 2. The molecule has 0 radical (unpaired) electrons. The molecule has 2 aromatic carbocycles. The predicted molar refractivity (Wildman–Crippen MR) is 121 cm³/mol. The van der Waals surface area contributed by atoms with Gasteiger partial charge < -0.3 is 15.5 Å². The molecular weight excluding hydrogens is 427 g/mol. The number of imide groups is 1. The van der Waals surface area contributed by atoms with Crippen molar-refractivity contribution in [3.8, 4) is 0 Å². The second-order valence-corrected chi connectivity index (χ2v) is 7.69. The van der Waals surface area contributed by atoms with Gasteiger partial charge in [-0.05, 0) is 62.2 Å². The van der Waals surface area contributed by atoms with Crippen LogP contribution in [0.5, 0.6) is 0 Å². The molecule has 2 N–H and O–H groups in total. The number of anilines is 1. The Hall–Kier alpha value is -3.75. The summed E-state index contributed by atoms with van der Waals surface area (Å²) in [4.78, 5) is 53.1. The van der Waals surface area contributed by atoms with Crippen molar-refractivity contribution in [2.75, 3.05) is 25.0 Å². The third-order valence-electron chi connectivity index (χ3n) is 5.81. The Morgan fingerprint density at radius 3 is 2.15 bits per heavy atom. The fourth-order valence-electron chi connectivity index (χ4n) is 3.88. The van der Waals surface area contributed by atoms with Crippen LogP contribution in [0.1, 0.15) is 43.1 Å². The monoisotopic (exact) mass is 454 g/mol. The lowest BCUT2D eigenvalue weighted by molar-refractivity contribution is -0.134. The largest absolute Gasteiger partial charge is 0.339 e. The summed E-state index contributed by atoms with van der Waals surface area (Å²) in [5, 5.41) is 5.29. The van der Waals surface area contributed by atoms with Gasteiger partial charge in [-0.1, -0.05) is 19.1 Å². The molecule has 1 unspecified atom stereocenters. The predicted octanol–water partition coefficient (Wildman–Crippen LogP) is 3.10. The van der Waals surface area contributed by atoms with E-state index in [-0.39, 0.29) is 12.3 Å². The molecular formula is C24H27FN4O4. The zero-order valence-corrected chi connectivity index (χ0v) is 18.9. The summed E-state index contributed by atoms with van der Waals surface area (Å²) >= 11 is 0. The number of benzene rings is 2. The number of nitrogens with zero attached hydrogens (tertiary/aromatic N) is 2. The lowest BCUT2D eigenvalue weighted by Gasteiger charge is -2.25. The van der Waals surface area contributed by atoms with Crippen LogP contribution < -0.4 is 10.6 Å². The maximum Gasteiger partial charge on any atom is 0.325 e. The Labute approximate surface area is 191 Å². The standard InChI is InChI=1S/C24H27FN4O4/c1-4-24(17-9-11-18(25)12-10-17)22(32)29(23(33)27-24)15-20(30)26-19-13-7-16(8-14-19)21(31)28(5-2)6-3/h7-14H,4-6,15H2,1-3H3,(H,26,30)(H,27,33). The first-order valence-corrected chi connectivity index (χ1v) is 10.8. The minimum atomic E-state index is -1.35. The number of amides is 5. The third kappa shape index (κ3) is 4.72. The quantitative estimate of drug-likeness (QED) is 0.599. The van der Waals surface area contributed by atoms with Crippen LogP contribution in [0.3, 0.4) is 0 Å². The highest BCUT2D eigenvalue weighted by Crippen LogP contribution is 2.32. The van der Waals surface area contributed by atoms with Gasteiger partial charge >= 0.3 is 6.03 Å². The Bertz CT molecular complexity index is 1050. The van der Waals surface area contributed by atoms with Crippen LogP contribution in [0.25, 0.3) is 0 Å². The normalized spacial score (nSPS) is 17.6. The first-order chi connectivity index (χ1) is 15.7. The van der Waals surface area contributed by atoms with Crippen LogP contribution in [-0.2, 0) is 15.1 Å². The molecule has 0 aromatic heterocycles. The second kappa shape index (κ2) is 9.81. The van der Waals surface area contributed by atoms with Gasteiger partial charge in [0.05, 0.1) is 0 Å². The summed E-state index contributed by atoms with van der Waals surface area (Å²) in [6.07, 6.45) is 0.239. The van der Waals surface area contributed by atoms with Gasteiger partial charge in [0.2, 0.25) is 5.91 Å². The molecule has 0 aliphatic carbocycles. The van der Waals surface area contributed by atoms with E-state index in [4.69, 9.17) is 0 Å². The summed E-state index contributed by atoms with van der Waals surface area (Å²) in [7, 11) is 0. The van der Waals surface area contributed by atoms with E-state index in [2.05, 4.69) is 10.6 Å². The van der Waals surface area contributed by atoms with Crippen molar-refractivity contribution < 1.29 is 23.6 Å². The number of carbonyl (C=O) groups is 4. The number of carbonyl (C=O) groups excluding carboxylic acids is 4. The summed E-state index contributed by atoms with van der Waals surface area (Å²) in [6.45, 7) is 6.23. The van der Waals surface area contributed by atoms with E-state index >= 15 is 0 Å². The fraction of sp³-hybridized carbons (Fsp3) is 0.333. The molecule has 0 spiro atoms. The number of hydrogen-bond acceptors (Lipinski definition) is 4. The molecule has 174 valence electrons. The van der Waals surface area contributed by atoms with Crippen molar-refractivity contribution in [3.63, 3.8) is 0 Å². The van der Waals surface area contributed by atoms with Crippen LogP contribution in [-0.4, -0.2) is 53.2 Å². The lowest BCUT2D eigenvalue weighted by Crippen LogP contribution is -2.44. The topological polar surface area (TPSA) is 98.8 Å². The van der Waals surface area contributed by atoms with Crippen molar-refractivity contribution in [2.24, 2.45) is 0 Å². The number of urea groups is 1. The molecule has 1 atom stereocenters. The van der Waals surface area contributed by atoms with E-state index in [1.807, 2.05) is 13.8 Å². The van der Waals surface area contributed by atoms with Crippen molar-refractivity contribution >= 4 is 29.4 Å². The Balaban J connectivity index is 1.69. The van der Waals surface area contributed by atoms with Crippen molar-refractivity contribution in [2.45, 2.75) is 32.7 Å². The SMILES string of the molecule is CCN(CC)C(=O)c1ccc(NC(=O)CN2C(=O)NC(CC)(c3ccc(F)cc3)C2=O)cc1. The average Bonchev–Trinajstić information content (AvgIpc) is 3.05. The van der Waals surface area contributed by atoms with E-state index < -0.39 is 35.7 Å². The third-order valence-corrected chi connectivity index (χ3v) is 5.81. The summed E-state index contributed by atoms with van der Waals surface area (Å²) < 4.78 is 13.3. The molecule has 1 aliphatic heterocycles. The summed E-state index contributed by atoms with van der Waals surface area (Å²) in [5.74, 6) is -1.69. The summed E-state index contributed by atoms with van der Waals surface area (Å²) in [5.41, 5.74) is 0.0275. The zero-order valence-electron chi connectivity index (χ0n) is 18.9. The average molecular weight is 455 g/mol. The van der Waals surface area contributed by atoms with Crippen LogP contribution in [0.4, 0.5) is 14.9 Å². The number of hydrogen-bond donors (Lipinski definition) is 2. The minimum Gasteiger partial charge on any atom is -0.339 e. The highest BCUT2D eigenvalue weighted by Gasteiger charge is 2.51. The van der Waals surface area contributed by atoms with Crippen LogP contribution in [0.2, 0.25) is 0 Å². The van der Waals surface area contributed by atoms with E-state index in [0.717, 1.165) is 4.90 Å². The molecule has 9 heteroatoms. The van der Waals surface area contributed by atoms with Gasteiger partial charge in [0.15, 0.2) is 0 Å². The molecule has 3 rings (SSSR count). The van der Waals surface area contributed by atoms with E-state index in [1.54, 1.807) is 36.1 Å². The summed E-state index contributed by atoms with van der Waals surface area (Å²) in [6, 6.07) is 11.0. The number of halogens is 1. The first kappa shape index (κ1) is 23.9. The molecule has 1 fully saturated rings. The smallest absolute Gasteiger partial charge is 0.325 e. The van der Waals surface area contributed by atoms with Crippen molar-refractivity contribution in [3.05, 3.63) is 65.5 Å². The zero-order chi connectivity index (χ0) is 24.2. The van der Waals surface area contributed by atoms with Gasteiger partial charge in [-0.15, -0.1) is 0 Å². The van der Waals surface area contributed by atoms with Gasteiger partial charge in [-0.3, -0.25) is 19.3 Å². The minimum absolute atomic E-state index is 0.103. The molecule has 1 heterocycles. The molecule has 1 aliphatic rings. The maximum atomic E-state index is 13.3. The highest BCUT2D eigenvalue weighted by molar-refractivity contribution is 6.10. The number of rotatable bonds is 8. The molecule has 5 amide bonds. The molecule has 0 saturated carbocycles. The van der Waals surface area contributed by atoms with E-state index in [0.29, 0.717) is 29.9 Å². The molecule has 0 bridgehead atoms. The van der Waals surface area contributed by atoms with E-state index in [9.17, 15) is 23.6 Å². The van der Waals surface area contributed by atoms with Gasteiger partial charge in [-0.25, -0.2) is 9.18 Å². The van der Waals surface area contributed by atoms with Gasteiger partial charge in [0.1, 0.15) is 17.9 Å². The van der Waals surface area contributed by atoms with Crippen LogP contribution >= 0.6 is 0 Å². The molecule has 1 saturated heterocycles. The molecule has 8 nitrogen and oxygen atoms in total. The maximum absolute atomic E-state index is 13.3. The Morgan fingerprint density at radius 2 is 1.61 bits per heavy atom. The van der Waals surface area contributed by atoms with Crippen LogP contribution in [0, 0.1) is 5.82 Å². The van der Waals surface area contributed by atoms with E-state index in [1.165, 1.54) is 24.3 Å². The van der Waals surface area contributed by atoms with Crippen molar-refractivity contribution in [1.82, 2.24) is 15.1 Å². The lowest BCUT2D eigenvalue weighted by atomic mass is 9.87.